The molecule has 0 aliphatic heterocycles. The highest BCUT2D eigenvalue weighted by Gasteiger charge is 2.12. The van der Waals surface area contributed by atoms with Crippen LogP contribution in [-0.2, 0) is 0 Å². The predicted octanol–water partition coefficient (Wildman–Crippen LogP) is 2.35. The van der Waals surface area contributed by atoms with Crippen molar-refractivity contribution in [3.8, 4) is 6.07 Å². The Balaban J connectivity index is 2.75. The Morgan fingerprint density at radius 2 is 2.06 bits per heavy atom. The van der Waals surface area contributed by atoms with E-state index in [4.69, 9.17) is 5.26 Å². The molecule has 0 radical (unpaired) electrons. The largest absolute Gasteiger partial charge is 0.338 e. The molecule has 1 rings (SSSR count). The lowest BCUT2D eigenvalue weighted by Crippen LogP contribution is -2.31. The summed E-state index contributed by atoms with van der Waals surface area (Å²) in [6.07, 6.45) is 0.365. The third kappa shape index (κ3) is 3.28. The van der Waals surface area contributed by atoms with E-state index in [1.807, 2.05) is 13.0 Å². The van der Waals surface area contributed by atoms with Crippen molar-refractivity contribution < 1.29 is 4.79 Å². The summed E-state index contributed by atoms with van der Waals surface area (Å²) in [4.78, 5) is 14.5. The SMILES string of the molecule is CCN(CCC#N)C(=O)c1ccc(S)cc1. The molecule has 0 N–H and O–H groups in total. The fourth-order valence-corrected chi connectivity index (χ4v) is 1.52. The molecule has 16 heavy (non-hydrogen) atoms. The van der Waals surface area contributed by atoms with Crippen molar-refractivity contribution in [1.29, 1.82) is 5.26 Å². The van der Waals surface area contributed by atoms with Gasteiger partial charge in [-0.2, -0.15) is 5.26 Å². The van der Waals surface area contributed by atoms with Crippen molar-refractivity contribution in [2.45, 2.75) is 18.2 Å². The molecule has 0 heterocycles. The number of carbonyl (C=O) groups is 1. The summed E-state index contributed by atoms with van der Waals surface area (Å²) in [7, 11) is 0. The molecular weight excluding hydrogens is 220 g/mol. The smallest absolute Gasteiger partial charge is 0.253 e. The zero-order chi connectivity index (χ0) is 12.0. The van der Waals surface area contributed by atoms with Crippen LogP contribution in [0.3, 0.4) is 0 Å². The van der Waals surface area contributed by atoms with Gasteiger partial charge in [0.15, 0.2) is 0 Å². The van der Waals surface area contributed by atoms with E-state index in [0.29, 0.717) is 25.1 Å². The molecule has 0 aromatic heterocycles. The van der Waals surface area contributed by atoms with Crippen LogP contribution >= 0.6 is 12.6 Å². The first-order valence-electron chi connectivity index (χ1n) is 5.14. The predicted molar refractivity (Wildman–Crippen MR) is 65.5 cm³/mol. The molecule has 1 aromatic rings. The van der Waals surface area contributed by atoms with Gasteiger partial charge in [-0.3, -0.25) is 4.79 Å². The van der Waals surface area contributed by atoms with Crippen LogP contribution < -0.4 is 0 Å². The third-order valence-corrected chi connectivity index (χ3v) is 2.57. The molecule has 0 aliphatic carbocycles. The fraction of sp³-hybridized carbons (Fsp3) is 0.333. The Morgan fingerprint density at radius 1 is 1.44 bits per heavy atom. The number of benzene rings is 1. The minimum Gasteiger partial charge on any atom is -0.338 e. The zero-order valence-electron chi connectivity index (χ0n) is 9.18. The number of thiol groups is 1. The maximum absolute atomic E-state index is 12.0. The van der Waals surface area contributed by atoms with Gasteiger partial charge in [0.2, 0.25) is 0 Å². The number of nitrogens with zero attached hydrogens (tertiary/aromatic N) is 2. The summed E-state index contributed by atoms with van der Waals surface area (Å²) in [6.45, 7) is 3.00. The van der Waals surface area contributed by atoms with Gasteiger partial charge < -0.3 is 4.90 Å². The first-order chi connectivity index (χ1) is 7.69. The van der Waals surface area contributed by atoms with Crippen LogP contribution in [0.2, 0.25) is 0 Å². The van der Waals surface area contributed by atoms with Crippen LogP contribution in [0.5, 0.6) is 0 Å². The Labute approximate surface area is 101 Å². The molecule has 0 saturated carbocycles. The van der Waals surface area contributed by atoms with E-state index in [1.54, 1.807) is 29.2 Å². The monoisotopic (exact) mass is 234 g/mol. The highest BCUT2D eigenvalue weighted by Crippen LogP contribution is 2.10. The van der Waals surface area contributed by atoms with Gasteiger partial charge in [0, 0.05) is 23.5 Å². The number of nitriles is 1. The third-order valence-electron chi connectivity index (χ3n) is 2.28. The number of amides is 1. The Morgan fingerprint density at radius 3 is 2.56 bits per heavy atom. The van der Waals surface area contributed by atoms with Gasteiger partial charge in [0.1, 0.15) is 0 Å². The van der Waals surface area contributed by atoms with Crippen LogP contribution in [-0.4, -0.2) is 23.9 Å². The van der Waals surface area contributed by atoms with E-state index in [9.17, 15) is 4.79 Å². The van der Waals surface area contributed by atoms with Crippen molar-refractivity contribution in [3.63, 3.8) is 0 Å². The molecular formula is C12H14N2OS. The zero-order valence-corrected chi connectivity index (χ0v) is 10.1. The average molecular weight is 234 g/mol. The highest BCUT2D eigenvalue weighted by molar-refractivity contribution is 7.80. The van der Waals surface area contributed by atoms with Gasteiger partial charge in [-0.15, -0.1) is 12.6 Å². The quantitative estimate of drug-likeness (QED) is 0.813. The lowest BCUT2D eigenvalue weighted by atomic mass is 10.2. The molecule has 84 valence electrons. The van der Waals surface area contributed by atoms with Crippen LogP contribution in [0, 0.1) is 11.3 Å². The standard InChI is InChI=1S/C12H14N2OS/c1-2-14(9-3-8-13)12(15)10-4-6-11(16)7-5-10/h4-7,16H,2-3,9H2,1H3. The first kappa shape index (κ1) is 12.6. The molecule has 0 saturated heterocycles. The van der Waals surface area contributed by atoms with Gasteiger partial charge in [-0.25, -0.2) is 0 Å². The van der Waals surface area contributed by atoms with Gasteiger partial charge in [-0.1, -0.05) is 0 Å². The van der Waals surface area contributed by atoms with Gasteiger partial charge >= 0.3 is 0 Å². The summed E-state index contributed by atoms with van der Waals surface area (Å²) < 4.78 is 0. The van der Waals surface area contributed by atoms with E-state index in [1.165, 1.54) is 0 Å². The second kappa shape index (κ2) is 6.19. The summed E-state index contributed by atoms with van der Waals surface area (Å²) in [6, 6.07) is 9.11. The molecule has 1 aromatic carbocycles. The first-order valence-corrected chi connectivity index (χ1v) is 5.59. The van der Waals surface area contributed by atoms with E-state index in [-0.39, 0.29) is 5.91 Å². The van der Waals surface area contributed by atoms with Crippen LogP contribution in [0.1, 0.15) is 23.7 Å². The molecule has 4 heteroatoms. The van der Waals surface area contributed by atoms with Crippen molar-refractivity contribution in [3.05, 3.63) is 29.8 Å². The van der Waals surface area contributed by atoms with Gasteiger partial charge in [-0.05, 0) is 31.2 Å². The van der Waals surface area contributed by atoms with Crippen LogP contribution in [0.25, 0.3) is 0 Å². The minimum atomic E-state index is -0.0360. The summed E-state index contributed by atoms with van der Waals surface area (Å²) in [5.74, 6) is -0.0360. The molecule has 0 atom stereocenters. The normalized spacial score (nSPS) is 9.56. The minimum absolute atomic E-state index is 0.0360. The van der Waals surface area contributed by atoms with E-state index >= 15 is 0 Å². The van der Waals surface area contributed by atoms with Crippen molar-refractivity contribution in [2.75, 3.05) is 13.1 Å². The van der Waals surface area contributed by atoms with Crippen molar-refractivity contribution in [1.82, 2.24) is 4.90 Å². The molecule has 0 bridgehead atoms. The molecule has 3 nitrogen and oxygen atoms in total. The summed E-state index contributed by atoms with van der Waals surface area (Å²) in [5, 5.41) is 8.50. The van der Waals surface area contributed by atoms with E-state index < -0.39 is 0 Å². The van der Waals surface area contributed by atoms with Gasteiger partial charge in [0.25, 0.3) is 5.91 Å². The maximum atomic E-state index is 12.0. The Kier molecular flexibility index (Phi) is 4.87. The maximum Gasteiger partial charge on any atom is 0.253 e. The van der Waals surface area contributed by atoms with Crippen molar-refractivity contribution >= 4 is 18.5 Å². The molecule has 1 amide bonds. The number of hydrogen-bond acceptors (Lipinski definition) is 3. The van der Waals surface area contributed by atoms with Crippen LogP contribution in [0.15, 0.2) is 29.2 Å². The summed E-state index contributed by atoms with van der Waals surface area (Å²) in [5.41, 5.74) is 0.637. The number of rotatable bonds is 4. The van der Waals surface area contributed by atoms with Crippen LogP contribution in [0.4, 0.5) is 0 Å². The lowest BCUT2D eigenvalue weighted by Gasteiger charge is -2.19. The Bertz CT molecular complexity index is 394. The number of hydrogen-bond donors (Lipinski definition) is 1. The second-order valence-electron chi connectivity index (χ2n) is 3.34. The molecule has 0 unspecified atom stereocenters. The topological polar surface area (TPSA) is 44.1 Å². The van der Waals surface area contributed by atoms with E-state index in [2.05, 4.69) is 12.6 Å². The van der Waals surface area contributed by atoms with Crippen molar-refractivity contribution in [2.24, 2.45) is 0 Å². The molecule has 0 fully saturated rings. The fourth-order valence-electron chi connectivity index (χ4n) is 1.37. The van der Waals surface area contributed by atoms with E-state index in [0.717, 1.165) is 4.90 Å². The number of carbonyl (C=O) groups excluding carboxylic acids is 1. The second-order valence-corrected chi connectivity index (χ2v) is 3.86. The average Bonchev–Trinajstić information content (AvgIpc) is 2.30. The molecule has 0 spiro atoms. The highest BCUT2D eigenvalue weighted by atomic mass is 32.1. The Hall–Kier alpha value is -1.47. The van der Waals surface area contributed by atoms with Gasteiger partial charge in [0.05, 0.1) is 12.5 Å². The summed E-state index contributed by atoms with van der Waals surface area (Å²) >= 11 is 4.16. The lowest BCUT2D eigenvalue weighted by molar-refractivity contribution is 0.0768. The molecule has 0 aliphatic rings.